The van der Waals surface area contributed by atoms with Crippen LogP contribution in [-0.2, 0) is 16.5 Å². The summed E-state index contributed by atoms with van der Waals surface area (Å²) in [7, 11) is -11.5. The van der Waals surface area contributed by atoms with Gasteiger partial charge >= 0.3 is 25.7 Å². The fourth-order valence-corrected chi connectivity index (χ4v) is 29.8. The van der Waals surface area contributed by atoms with Crippen LogP contribution in [0.1, 0.15) is 11.1 Å². The van der Waals surface area contributed by atoms with Crippen LogP contribution in [0, 0.1) is 26.2 Å². The third-order valence-corrected chi connectivity index (χ3v) is 23.4. The first-order chi connectivity index (χ1) is 13.7. The molecule has 0 saturated heterocycles. The third kappa shape index (κ3) is 9.32. The van der Waals surface area contributed by atoms with Gasteiger partial charge in [-0.15, -0.1) is 0 Å². The molecular formula is C19H35IN2O4Si5. The van der Waals surface area contributed by atoms with Crippen LogP contribution in [-0.4, -0.2) is 42.3 Å². The number of nitrogens with zero attached hydrogens (tertiary/aromatic N) is 2. The normalized spacial score (nSPS) is 13.6. The van der Waals surface area contributed by atoms with Crippen molar-refractivity contribution in [3.63, 3.8) is 0 Å². The van der Waals surface area contributed by atoms with E-state index >= 15 is 0 Å². The third-order valence-electron chi connectivity index (χ3n) is 4.03. The average Bonchev–Trinajstić information content (AvgIpc) is 2.47. The van der Waals surface area contributed by atoms with Gasteiger partial charge in [0.1, 0.15) is 12.1 Å². The van der Waals surface area contributed by atoms with E-state index in [9.17, 15) is 10.5 Å². The highest BCUT2D eigenvalue weighted by atomic mass is 127. The van der Waals surface area contributed by atoms with E-state index < -0.39 is 42.3 Å². The number of nitriles is 2. The van der Waals surface area contributed by atoms with Crippen LogP contribution in [0.5, 0.6) is 0 Å². The maximum atomic E-state index is 9.44. The van der Waals surface area contributed by atoms with Crippen molar-refractivity contribution in [1.82, 2.24) is 0 Å². The SMILES string of the molecule is C[Si](C)(C)O[Si](C)(C)O[Si](C)(C)O[Si](C)(C)O[Si](C)(C)c1cc(C#N)c(C#N)cc1I. The molecule has 0 saturated carbocycles. The second-order valence-corrected chi connectivity index (χ2v) is 30.9. The van der Waals surface area contributed by atoms with Gasteiger partial charge in [-0.1, -0.05) is 0 Å². The fraction of sp³-hybridized carbons (Fsp3) is 0.579. The summed E-state index contributed by atoms with van der Waals surface area (Å²) in [5, 5.41) is 19.7. The molecule has 0 spiro atoms. The lowest BCUT2D eigenvalue weighted by atomic mass is 10.1. The first kappa shape index (κ1) is 28.9. The zero-order chi connectivity index (χ0) is 24.5. The van der Waals surface area contributed by atoms with Crippen LogP contribution in [0.3, 0.4) is 0 Å². The van der Waals surface area contributed by atoms with Gasteiger partial charge in [-0.25, -0.2) is 0 Å². The van der Waals surface area contributed by atoms with Gasteiger partial charge < -0.3 is 16.5 Å². The largest absolute Gasteiger partial charge is 0.437 e. The molecule has 172 valence electrons. The Labute approximate surface area is 207 Å². The highest BCUT2D eigenvalue weighted by molar-refractivity contribution is 14.1. The summed E-state index contributed by atoms with van der Waals surface area (Å²) in [6.07, 6.45) is 0. The Hall–Kier alpha value is -0.146. The predicted octanol–water partition coefficient (Wildman–Crippen LogP) is 5.45. The van der Waals surface area contributed by atoms with Crippen molar-refractivity contribution in [2.75, 3.05) is 0 Å². The van der Waals surface area contributed by atoms with Crippen molar-refractivity contribution < 1.29 is 16.5 Å². The maximum absolute atomic E-state index is 9.44. The van der Waals surface area contributed by atoms with Crippen LogP contribution in [0.4, 0.5) is 0 Å². The molecule has 0 aliphatic heterocycles. The quantitative estimate of drug-likeness (QED) is 0.269. The smallest absolute Gasteiger partial charge is 0.314 e. The zero-order valence-electron chi connectivity index (χ0n) is 20.6. The standard InChI is InChI=1S/C19H35IN2O4Si5/c1-27(2,3)23-29(6,7)25-31(10,11)26-30(8,9)24-28(4,5)19-13-17(15-22)16(14-21)12-18(19)20/h12-13H,1-11H3. The van der Waals surface area contributed by atoms with Gasteiger partial charge in [0.25, 0.3) is 0 Å². The van der Waals surface area contributed by atoms with Crippen molar-refractivity contribution in [2.45, 2.75) is 72.0 Å². The molecule has 1 aromatic rings. The first-order valence-electron chi connectivity index (χ1n) is 10.2. The molecule has 1 aromatic carbocycles. The van der Waals surface area contributed by atoms with Crippen molar-refractivity contribution in [2.24, 2.45) is 0 Å². The summed E-state index contributed by atoms with van der Waals surface area (Å²) >= 11 is 2.22. The molecule has 0 aliphatic carbocycles. The molecule has 1 rings (SSSR count). The lowest BCUT2D eigenvalue weighted by Gasteiger charge is -2.42. The predicted molar refractivity (Wildman–Crippen MR) is 146 cm³/mol. The fourth-order valence-electron chi connectivity index (χ4n) is 3.87. The summed E-state index contributed by atoms with van der Waals surface area (Å²) in [6, 6.07) is 7.81. The van der Waals surface area contributed by atoms with E-state index in [1.165, 1.54) is 0 Å². The summed E-state index contributed by atoms with van der Waals surface area (Å²) in [5.74, 6) is 0. The highest BCUT2D eigenvalue weighted by Gasteiger charge is 2.45. The van der Waals surface area contributed by atoms with Gasteiger partial charge in [0.05, 0.1) is 11.1 Å². The van der Waals surface area contributed by atoms with Crippen LogP contribution < -0.4 is 5.19 Å². The first-order valence-corrected chi connectivity index (χ1v) is 26.0. The summed E-state index contributed by atoms with van der Waals surface area (Å²) < 4.78 is 27.1. The molecule has 0 bridgehead atoms. The second kappa shape index (κ2) is 10.0. The van der Waals surface area contributed by atoms with Crippen molar-refractivity contribution in [3.05, 3.63) is 26.8 Å². The lowest BCUT2D eigenvalue weighted by molar-refractivity contribution is 0.300. The molecule has 0 heterocycles. The van der Waals surface area contributed by atoms with E-state index in [2.05, 4.69) is 107 Å². The van der Waals surface area contributed by atoms with Gasteiger partial charge in [0, 0.05) is 3.57 Å². The number of halogens is 1. The molecule has 0 aliphatic rings. The molecule has 0 fully saturated rings. The summed E-state index contributed by atoms with van der Waals surface area (Å²) in [5.41, 5.74) is 0.779. The van der Waals surface area contributed by atoms with E-state index in [0.717, 1.165) is 8.76 Å². The number of rotatable bonds is 9. The van der Waals surface area contributed by atoms with Gasteiger partial charge in [-0.3, -0.25) is 0 Å². The lowest BCUT2D eigenvalue weighted by Crippen LogP contribution is -2.60. The molecule has 0 N–H and O–H groups in total. The maximum Gasteiger partial charge on any atom is 0.314 e. The van der Waals surface area contributed by atoms with Crippen molar-refractivity contribution >= 4 is 70.1 Å². The monoisotopic (exact) mass is 622 g/mol. The van der Waals surface area contributed by atoms with Crippen LogP contribution in [0.25, 0.3) is 0 Å². The Balaban J connectivity index is 3.10. The minimum atomic E-state index is -2.56. The van der Waals surface area contributed by atoms with E-state index in [4.69, 9.17) is 16.5 Å². The van der Waals surface area contributed by atoms with Gasteiger partial charge in [0.15, 0.2) is 8.32 Å². The average molecular weight is 623 g/mol. The molecule has 0 unspecified atom stereocenters. The van der Waals surface area contributed by atoms with Crippen LogP contribution in [0.2, 0.25) is 72.0 Å². The molecule has 12 heteroatoms. The van der Waals surface area contributed by atoms with Gasteiger partial charge in [-0.2, -0.15) is 10.5 Å². The molecule has 6 nitrogen and oxygen atoms in total. The summed E-state index contributed by atoms with van der Waals surface area (Å²) in [6.45, 7) is 23.1. The van der Waals surface area contributed by atoms with E-state index in [0.29, 0.717) is 11.1 Å². The number of hydrogen-bond donors (Lipinski definition) is 0. The second-order valence-electron chi connectivity index (χ2n) is 10.3. The Morgan fingerprint density at radius 3 is 1.45 bits per heavy atom. The number of benzene rings is 1. The van der Waals surface area contributed by atoms with E-state index in [-0.39, 0.29) is 0 Å². The van der Waals surface area contributed by atoms with Crippen molar-refractivity contribution in [3.8, 4) is 12.1 Å². The minimum absolute atomic E-state index is 0.386. The van der Waals surface area contributed by atoms with E-state index in [1.807, 2.05) is 6.07 Å². The molecule has 31 heavy (non-hydrogen) atoms. The molecule has 0 amide bonds. The topological polar surface area (TPSA) is 84.5 Å². The molecule has 0 aromatic heterocycles. The van der Waals surface area contributed by atoms with Crippen molar-refractivity contribution in [1.29, 1.82) is 10.5 Å². The van der Waals surface area contributed by atoms with Gasteiger partial charge in [-0.05, 0) is 112 Å². The van der Waals surface area contributed by atoms with Crippen LogP contribution >= 0.6 is 22.6 Å². The highest BCUT2D eigenvalue weighted by Crippen LogP contribution is 2.27. The molecular weight excluding hydrogens is 588 g/mol. The Morgan fingerprint density at radius 1 is 0.645 bits per heavy atom. The molecule has 0 radical (unpaired) electrons. The zero-order valence-corrected chi connectivity index (χ0v) is 27.7. The molecule has 0 atom stereocenters. The minimum Gasteiger partial charge on any atom is -0.437 e. The Morgan fingerprint density at radius 2 is 1.03 bits per heavy atom. The van der Waals surface area contributed by atoms with Crippen LogP contribution in [0.15, 0.2) is 12.1 Å². The number of hydrogen-bond acceptors (Lipinski definition) is 6. The Bertz CT molecular complexity index is 902. The summed E-state index contributed by atoms with van der Waals surface area (Å²) in [4.78, 5) is 0. The Kier molecular flexibility index (Phi) is 9.32. The van der Waals surface area contributed by atoms with Gasteiger partial charge in [0.2, 0.25) is 8.32 Å². The van der Waals surface area contributed by atoms with E-state index in [1.54, 1.807) is 6.07 Å².